The minimum atomic E-state index is -3.57. The molecule has 5 rings (SSSR count). The largest absolute Gasteiger partial charge is 0.497 e. The molecule has 33 heavy (non-hydrogen) atoms. The van der Waals surface area contributed by atoms with Crippen LogP contribution in [-0.4, -0.2) is 56.2 Å². The maximum Gasteiger partial charge on any atom is 0.243 e. The molecule has 8 heteroatoms. The van der Waals surface area contributed by atoms with Gasteiger partial charge in [-0.2, -0.15) is 4.31 Å². The van der Waals surface area contributed by atoms with E-state index in [0.717, 1.165) is 17.1 Å². The van der Waals surface area contributed by atoms with Crippen LogP contribution < -0.4 is 9.47 Å². The Hall–Kier alpha value is -3.36. The van der Waals surface area contributed by atoms with Crippen molar-refractivity contribution in [2.45, 2.75) is 17.9 Å². The second-order valence-corrected chi connectivity index (χ2v) is 9.98. The zero-order chi connectivity index (χ0) is 23.0. The fourth-order valence-corrected chi connectivity index (χ4v) is 5.92. The minimum absolute atomic E-state index is 0.236. The molecular weight excluding hydrogens is 438 g/mol. The van der Waals surface area contributed by atoms with Crippen LogP contribution in [0.4, 0.5) is 5.69 Å². The normalized spacial score (nSPS) is 18.4. The molecule has 2 aliphatic rings. The lowest BCUT2D eigenvalue weighted by molar-refractivity contribution is 0.205. The number of aliphatic imine (C=N–C) groups is 1. The Morgan fingerprint density at radius 3 is 2.48 bits per heavy atom. The van der Waals surface area contributed by atoms with E-state index in [1.54, 1.807) is 35.7 Å². The molecule has 3 aromatic carbocycles. The summed E-state index contributed by atoms with van der Waals surface area (Å²) in [6, 6.07) is 21.6. The van der Waals surface area contributed by atoms with Crippen LogP contribution in [0.2, 0.25) is 0 Å². The summed E-state index contributed by atoms with van der Waals surface area (Å²) in [5.74, 6) is 2.82. The van der Waals surface area contributed by atoms with Crippen LogP contribution in [0, 0.1) is 0 Å². The quantitative estimate of drug-likeness (QED) is 0.580. The number of benzene rings is 3. The highest BCUT2D eigenvalue weighted by atomic mass is 32.2. The van der Waals surface area contributed by atoms with E-state index in [4.69, 9.17) is 14.5 Å². The van der Waals surface area contributed by atoms with Gasteiger partial charge in [0.15, 0.2) is 5.75 Å². The van der Waals surface area contributed by atoms with Gasteiger partial charge in [0.2, 0.25) is 10.0 Å². The smallest absolute Gasteiger partial charge is 0.243 e. The lowest BCUT2D eigenvalue weighted by atomic mass is 10.1. The van der Waals surface area contributed by atoms with E-state index in [1.807, 2.05) is 55.5 Å². The van der Waals surface area contributed by atoms with E-state index in [9.17, 15) is 8.42 Å². The molecule has 0 N–H and O–H groups in total. The average molecular weight is 464 g/mol. The second kappa shape index (κ2) is 8.53. The van der Waals surface area contributed by atoms with Crippen molar-refractivity contribution in [3.63, 3.8) is 0 Å². The lowest BCUT2D eigenvalue weighted by Gasteiger charge is -2.40. The molecule has 0 aliphatic carbocycles. The van der Waals surface area contributed by atoms with E-state index in [-0.39, 0.29) is 6.04 Å². The number of fused-ring (bicyclic) bond motifs is 2. The monoisotopic (exact) mass is 463 g/mol. The highest BCUT2D eigenvalue weighted by Crippen LogP contribution is 2.39. The number of methoxy groups -OCH3 is 1. The van der Waals surface area contributed by atoms with Crippen LogP contribution in [0.5, 0.6) is 17.2 Å². The number of ether oxygens (including phenoxy) is 2. The van der Waals surface area contributed by atoms with Gasteiger partial charge < -0.3 is 14.4 Å². The summed E-state index contributed by atoms with van der Waals surface area (Å²) in [5.41, 5.74) is 1.55. The molecule has 2 aliphatic heterocycles. The Kier molecular flexibility index (Phi) is 5.55. The number of amidine groups is 1. The van der Waals surface area contributed by atoms with Crippen molar-refractivity contribution in [2.75, 3.05) is 26.7 Å². The van der Waals surface area contributed by atoms with Crippen LogP contribution in [0.25, 0.3) is 0 Å². The molecule has 7 nitrogen and oxygen atoms in total. The fraction of sp³-hybridized carbons (Fsp3) is 0.240. The molecule has 0 amide bonds. The molecule has 3 aromatic rings. The first-order valence-corrected chi connectivity index (χ1v) is 12.3. The van der Waals surface area contributed by atoms with Crippen LogP contribution in [-0.2, 0) is 10.0 Å². The summed E-state index contributed by atoms with van der Waals surface area (Å²) in [6.07, 6.45) is 0. The van der Waals surface area contributed by atoms with E-state index in [2.05, 4.69) is 4.90 Å². The van der Waals surface area contributed by atoms with Gasteiger partial charge in [0, 0.05) is 25.7 Å². The van der Waals surface area contributed by atoms with Crippen molar-refractivity contribution < 1.29 is 17.9 Å². The van der Waals surface area contributed by atoms with E-state index in [1.165, 1.54) is 0 Å². The van der Waals surface area contributed by atoms with E-state index < -0.39 is 10.0 Å². The predicted octanol–water partition coefficient (Wildman–Crippen LogP) is 4.27. The van der Waals surface area contributed by atoms with Gasteiger partial charge in [0.1, 0.15) is 23.0 Å². The third-order valence-electron chi connectivity index (χ3n) is 5.96. The number of sulfonamides is 1. The standard InChI is InChI=1S/C25H25N3O4S/c1-18-17-27(14-15-28(18)33(29,30)20-8-4-3-5-9-20)25-21-16-19(31-2)12-13-23(21)32-24-11-7-6-10-22(24)26-25/h3-13,16,18H,14-15,17H2,1-2H3/t18-/m1/s1. The SMILES string of the molecule is COc1ccc2c(c1)C(N1CCN(S(=O)(=O)c3ccccc3)[C@H](C)C1)=Nc1ccccc1O2. The Balaban J connectivity index is 1.50. The number of hydrogen-bond acceptors (Lipinski definition) is 6. The summed E-state index contributed by atoms with van der Waals surface area (Å²) in [7, 11) is -1.95. The third-order valence-corrected chi connectivity index (χ3v) is 7.98. The molecule has 0 unspecified atom stereocenters. The zero-order valence-electron chi connectivity index (χ0n) is 18.5. The van der Waals surface area contributed by atoms with Crippen LogP contribution in [0.1, 0.15) is 12.5 Å². The molecule has 0 bridgehead atoms. The topological polar surface area (TPSA) is 71.4 Å². The van der Waals surface area contributed by atoms with Gasteiger partial charge in [-0.1, -0.05) is 30.3 Å². The van der Waals surface area contributed by atoms with Crippen molar-refractivity contribution in [1.82, 2.24) is 9.21 Å². The molecule has 1 saturated heterocycles. The van der Waals surface area contributed by atoms with Crippen molar-refractivity contribution >= 4 is 21.5 Å². The van der Waals surface area contributed by atoms with Crippen molar-refractivity contribution in [1.29, 1.82) is 0 Å². The number of hydrogen-bond donors (Lipinski definition) is 0. The first kappa shape index (κ1) is 21.5. The number of para-hydroxylation sites is 2. The van der Waals surface area contributed by atoms with Gasteiger partial charge in [0.25, 0.3) is 0 Å². The molecule has 170 valence electrons. The van der Waals surface area contributed by atoms with Crippen molar-refractivity contribution in [3.05, 3.63) is 78.4 Å². The Labute approximate surface area is 193 Å². The van der Waals surface area contributed by atoms with Gasteiger partial charge in [-0.25, -0.2) is 13.4 Å². The average Bonchev–Trinajstić information content (AvgIpc) is 3.00. The molecule has 0 aromatic heterocycles. The molecule has 1 fully saturated rings. The molecule has 1 atom stereocenters. The first-order valence-electron chi connectivity index (χ1n) is 10.8. The first-order chi connectivity index (χ1) is 16.0. The van der Waals surface area contributed by atoms with Gasteiger partial charge in [-0.15, -0.1) is 0 Å². The van der Waals surface area contributed by atoms with Crippen LogP contribution in [0.3, 0.4) is 0 Å². The maximum absolute atomic E-state index is 13.2. The number of nitrogens with zero attached hydrogens (tertiary/aromatic N) is 3. The second-order valence-electron chi connectivity index (χ2n) is 8.09. The van der Waals surface area contributed by atoms with Gasteiger partial charge >= 0.3 is 0 Å². The van der Waals surface area contributed by atoms with Crippen LogP contribution in [0.15, 0.2) is 82.7 Å². The lowest BCUT2D eigenvalue weighted by Crippen LogP contribution is -2.55. The molecule has 2 heterocycles. The van der Waals surface area contributed by atoms with Crippen molar-refractivity contribution in [3.8, 4) is 17.2 Å². The number of rotatable bonds is 3. The summed E-state index contributed by atoms with van der Waals surface area (Å²) in [5, 5.41) is 0. The molecule has 0 radical (unpaired) electrons. The number of piperazine rings is 1. The zero-order valence-corrected chi connectivity index (χ0v) is 19.3. The third kappa shape index (κ3) is 3.96. The minimum Gasteiger partial charge on any atom is -0.497 e. The van der Waals surface area contributed by atoms with Crippen LogP contribution >= 0.6 is 0 Å². The summed E-state index contributed by atoms with van der Waals surface area (Å²) < 4.78 is 39.6. The molecule has 0 spiro atoms. The van der Waals surface area contributed by atoms with E-state index in [0.29, 0.717) is 41.8 Å². The van der Waals surface area contributed by atoms with Gasteiger partial charge in [-0.05, 0) is 49.4 Å². The van der Waals surface area contributed by atoms with Gasteiger partial charge in [0.05, 0.1) is 17.6 Å². The Morgan fingerprint density at radius 1 is 0.970 bits per heavy atom. The molecular formula is C25H25N3O4S. The highest BCUT2D eigenvalue weighted by Gasteiger charge is 2.36. The Bertz CT molecular complexity index is 1310. The summed E-state index contributed by atoms with van der Waals surface area (Å²) in [4.78, 5) is 7.40. The maximum atomic E-state index is 13.2. The predicted molar refractivity (Wildman–Crippen MR) is 127 cm³/mol. The molecule has 0 saturated carbocycles. The highest BCUT2D eigenvalue weighted by molar-refractivity contribution is 7.89. The van der Waals surface area contributed by atoms with E-state index >= 15 is 0 Å². The van der Waals surface area contributed by atoms with Crippen molar-refractivity contribution in [2.24, 2.45) is 4.99 Å². The summed E-state index contributed by atoms with van der Waals surface area (Å²) in [6.45, 7) is 3.30. The fourth-order valence-electron chi connectivity index (χ4n) is 4.29. The Morgan fingerprint density at radius 2 is 1.73 bits per heavy atom. The summed E-state index contributed by atoms with van der Waals surface area (Å²) >= 11 is 0. The van der Waals surface area contributed by atoms with Gasteiger partial charge in [-0.3, -0.25) is 0 Å².